The van der Waals surface area contributed by atoms with Gasteiger partial charge in [-0.1, -0.05) is 6.07 Å². The summed E-state index contributed by atoms with van der Waals surface area (Å²) in [6.07, 6.45) is -3.90. The highest BCUT2D eigenvalue weighted by molar-refractivity contribution is 5.81. The number of hydrogen-bond donors (Lipinski definition) is 1. The van der Waals surface area contributed by atoms with Crippen LogP contribution in [0.2, 0.25) is 0 Å². The highest BCUT2D eigenvalue weighted by atomic mass is 19.4. The van der Waals surface area contributed by atoms with Crippen molar-refractivity contribution in [3.63, 3.8) is 0 Å². The molecule has 0 bridgehead atoms. The molecular formula is C13H16F3NO3. The Kier molecular flexibility index (Phi) is 5.66. The van der Waals surface area contributed by atoms with E-state index in [1.807, 2.05) is 5.32 Å². The van der Waals surface area contributed by atoms with E-state index in [9.17, 15) is 18.0 Å². The maximum Gasteiger partial charge on any atom is 0.471 e. The molecule has 0 unspecified atom stereocenters. The van der Waals surface area contributed by atoms with Gasteiger partial charge in [0.15, 0.2) is 11.5 Å². The summed E-state index contributed by atoms with van der Waals surface area (Å²) in [5.41, 5.74) is 0.893. The number of carbonyl (C=O) groups excluding carboxylic acids is 1. The van der Waals surface area contributed by atoms with Crippen LogP contribution in [0.5, 0.6) is 11.5 Å². The standard InChI is InChI=1S/C13H16F3NO3/c1-19-10-6-5-9(8-11(10)20-2)4-3-7-17-12(18)13(14,15)16/h5-6,8H,3-4,7H2,1-2H3,(H,17,18). The zero-order valence-corrected chi connectivity index (χ0v) is 11.2. The number of nitrogens with one attached hydrogen (secondary N) is 1. The number of ether oxygens (including phenoxy) is 2. The van der Waals surface area contributed by atoms with Crippen LogP contribution in [0.1, 0.15) is 12.0 Å². The highest BCUT2D eigenvalue weighted by Gasteiger charge is 2.38. The predicted octanol–water partition coefficient (Wildman–Crippen LogP) is 2.31. The van der Waals surface area contributed by atoms with Gasteiger partial charge in [-0.15, -0.1) is 0 Å². The van der Waals surface area contributed by atoms with Crippen LogP contribution in [0.15, 0.2) is 18.2 Å². The summed E-state index contributed by atoms with van der Waals surface area (Å²) in [7, 11) is 3.02. The average molecular weight is 291 g/mol. The first-order valence-electron chi connectivity index (χ1n) is 5.94. The minimum Gasteiger partial charge on any atom is -0.493 e. The molecule has 0 aliphatic heterocycles. The van der Waals surface area contributed by atoms with Gasteiger partial charge < -0.3 is 14.8 Å². The summed E-state index contributed by atoms with van der Waals surface area (Å²) < 4.78 is 46.0. The molecule has 0 atom stereocenters. The van der Waals surface area contributed by atoms with Crippen molar-refractivity contribution in [2.45, 2.75) is 19.0 Å². The number of amides is 1. The van der Waals surface area contributed by atoms with Crippen LogP contribution in [0, 0.1) is 0 Å². The summed E-state index contributed by atoms with van der Waals surface area (Å²) in [5, 5.41) is 1.82. The molecule has 1 rings (SSSR count). The fraction of sp³-hybridized carbons (Fsp3) is 0.462. The minimum atomic E-state index is -4.83. The van der Waals surface area contributed by atoms with Crippen LogP contribution in [-0.2, 0) is 11.2 Å². The molecule has 0 fully saturated rings. The Morgan fingerprint density at radius 1 is 1.20 bits per heavy atom. The summed E-state index contributed by atoms with van der Waals surface area (Å²) in [6.45, 7) is -0.0350. The molecule has 7 heteroatoms. The highest BCUT2D eigenvalue weighted by Crippen LogP contribution is 2.27. The Morgan fingerprint density at radius 2 is 1.85 bits per heavy atom. The summed E-state index contributed by atoms with van der Waals surface area (Å²) in [6, 6.07) is 5.28. The molecule has 20 heavy (non-hydrogen) atoms. The van der Waals surface area contributed by atoms with Crippen molar-refractivity contribution in [2.24, 2.45) is 0 Å². The molecule has 4 nitrogen and oxygen atoms in total. The Morgan fingerprint density at radius 3 is 2.40 bits per heavy atom. The lowest BCUT2D eigenvalue weighted by Crippen LogP contribution is -2.37. The zero-order valence-electron chi connectivity index (χ0n) is 11.2. The monoisotopic (exact) mass is 291 g/mol. The number of aryl methyl sites for hydroxylation is 1. The number of benzene rings is 1. The van der Waals surface area contributed by atoms with E-state index in [-0.39, 0.29) is 6.54 Å². The normalized spacial score (nSPS) is 11.1. The number of methoxy groups -OCH3 is 2. The molecule has 1 amide bonds. The Hall–Kier alpha value is -1.92. The molecule has 1 N–H and O–H groups in total. The SMILES string of the molecule is COc1ccc(CCCNC(=O)C(F)(F)F)cc1OC. The van der Waals surface area contributed by atoms with Gasteiger partial charge in [-0.05, 0) is 30.5 Å². The van der Waals surface area contributed by atoms with Gasteiger partial charge in [0, 0.05) is 6.54 Å². The van der Waals surface area contributed by atoms with Crippen molar-refractivity contribution >= 4 is 5.91 Å². The third-order valence-electron chi connectivity index (χ3n) is 2.63. The Labute approximate surface area is 114 Å². The van der Waals surface area contributed by atoms with E-state index in [2.05, 4.69) is 0 Å². The second-order valence-corrected chi connectivity index (χ2v) is 4.05. The molecule has 0 aliphatic carbocycles. The summed E-state index contributed by atoms with van der Waals surface area (Å²) in [5.74, 6) is -0.768. The molecule has 0 saturated carbocycles. The van der Waals surface area contributed by atoms with Crippen LogP contribution in [-0.4, -0.2) is 32.8 Å². The van der Waals surface area contributed by atoms with Crippen LogP contribution < -0.4 is 14.8 Å². The van der Waals surface area contributed by atoms with Gasteiger partial charge in [0.05, 0.1) is 14.2 Å². The fourth-order valence-electron chi connectivity index (χ4n) is 1.63. The van der Waals surface area contributed by atoms with E-state index in [4.69, 9.17) is 9.47 Å². The van der Waals surface area contributed by atoms with E-state index < -0.39 is 12.1 Å². The maximum atomic E-state index is 11.9. The van der Waals surface area contributed by atoms with E-state index >= 15 is 0 Å². The Bertz CT molecular complexity index is 461. The number of halogens is 3. The molecule has 0 heterocycles. The molecule has 1 aromatic rings. The number of alkyl halides is 3. The molecule has 0 aliphatic rings. The maximum absolute atomic E-state index is 11.9. The number of rotatable bonds is 6. The summed E-state index contributed by atoms with van der Waals surface area (Å²) >= 11 is 0. The van der Waals surface area contributed by atoms with Crippen LogP contribution in [0.4, 0.5) is 13.2 Å². The smallest absolute Gasteiger partial charge is 0.471 e. The first kappa shape index (κ1) is 16.1. The van der Waals surface area contributed by atoms with Gasteiger partial charge >= 0.3 is 12.1 Å². The molecular weight excluding hydrogens is 275 g/mol. The molecule has 0 aromatic heterocycles. The van der Waals surface area contributed by atoms with Gasteiger partial charge in [0.2, 0.25) is 0 Å². The van der Waals surface area contributed by atoms with Gasteiger partial charge in [-0.3, -0.25) is 4.79 Å². The van der Waals surface area contributed by atoms with Crippen molar-refractivity contribution in [1.29, 1.82) is 0 Å². The van der Waals surface area contributed by atoms with E-state index in [0.29, 0.717) is 24.3 Å². The first-order valence-corrected chi connectivity index (χ1v) is 5.94. The van der Waals surface area contributed by atoms with Gasteiger partial charge in [-0.25, -0.2) is 0 Å². The van der Waals surface area contributed by atoms with E-state index in [1.54, 1.807) is 18.2 Å². The molecule has 112 valence electrons. The summed E-state index contributed by atoms with van der Waals surface area (Å²) in [4.78, 5) is 10.6. The minimum absolute atomic E-state index is 0.0350. The molecule has 0 spiro atoms. The van der Waals surface area contributed by atoms with Gasteiger partial charge in [0.1, 0.15) is 0 Å². The Balaban J connectivity index is 2.45. The van der Waals surface area contributed by atoms with E-state index in [0.717, 1.165) is 5.56 Å². The predicted molar refractivity (Wildman–Crippen MR) is 66.9 cm³/mol. The van der Waals surface area contributed by atoms with Crippen molar-refractivity contribution in [3.8, 4) is 11.5 Å². The van der Waals surface area contributed by atoms with Crippen LogP contribution in [0.25, 0.3) is 0 Å². The third kappa shape index (κ3) is 4.64. The van der Waals surface area contributed by atoms with Crippen LogP contribution >= 0.6 is 0 Å². The average Bonchev–Trinajstić information content (AvgIpc) is 2.41. The second-order valence-electron chi connectivity index (χ2n) is 4.05. The van der Waals surface area contributed by atoms with Crippen LogP contribution in [0.3, 0.4) is 0 Å². The van der Waals surface area contributed by atoms with Crippen molar-refractivity contribution in [3.05, 3.63) is 23.8 Å². The van der Waals surface area contributed by atoms with Crippen molar-refractivity contribution in [2.75, 3.05) is 20.8 Å². The zero-order chi connectivity index (χ0) is 15.2. The first-order chi connectivity index (χ1) is 9.38. The number of carbonyl (C=O) groups is 1. The third-order valence-corrected chi connectivity index (χ3v) is 2.63. The molecule has 0 saturated heterocycles. The largest absolute Gasteiger partial charge is 0.493 e. The van der Waals surface area contributed by atoms with Gasteiger partial charge in [0.25, 0.3) is 0 Å². The lowest BCUT2D eigenvalue weighted by Gasteiger charge is -2.10. The van der Waals surface area contributed by atoms with Crippen molar-refractivity contribution < 1.29 is 27.4 Å². The van der Waals surface area contributed by atoms with E-state index in [1.165, 1.54) is 14.2 Å². The lowest BCUT2D eigenvalue weighted by molar-refractivity contribution is -0.173. The fourth-order valence-corrected chi connectivity index (χ4v) is 1.63. The second kappa shape index (κ2) is 7.02. The quantitative estimate of drug-likeness (QED) is 0.818. The lowest BCUT2D eigenvalue weighted by atomic mass is 10.1. The number of hydrogen-bond acceptors (Lipinski definition) is 3. The van der Waals surface area contributed by atoms with Crippen molar-refractivity contribution in [1.82, 2.24) is 5.32 Å². The topological polar surface area (TPSA) is 47.6 Å². The molecule has 1 aromatic carbocycles. The molecule has 0 radical (unpaired) electrons. The van der Waals surface area contributed by atoms with Gasteiger partial charge in [-0.2, -0.15) is 13.2 Å².